The molecule has 5 nitrogen and oxygen atoms in total. The minimum Gasteiger partial charge on any atom is -0.346 e. The smallest absolute Gasteiger partial charge is 0.244 e. The van der Waals surface area contributed by atoms with E-state index in [9.17, 15) is 9.59 Å². The Balaban J connectivity index is 1.68. The summed E-state index contributed by atoms with van der Waals surface area (Å²) in [6, 6.07) is -0.477. The van der Waals surface area contributed by atoms with Gasteiger partial charge in [0, 0.05) is 17.6 Å². The van der Waals surface area contributed by atoms with E-state index in [1.807, 2.05) is 12.3 Å². The lowest BCUT2D eigenvalue weighted by Gasteiger charge is -2.30. The molecule has 1 N–H and O–H groups in total. The Hall–Kier alpha value is -1.08. The number of carbonyl (C=O) groups excluding carboxylic acids is 2. The topological polar surface area (TPSA) is 62.3 Å². The van der Waals surface area contributed by atoms with E-state index >= 15 is 0 Å². The lowest BCUT2D eigenvalue weighted by atomic mass is 10.2. The molecule has 0 radical (unpaired) electrons. The second-order valence-electron chi connectivity index (χ2n) is 6.02. The maximum Gasteiger partial charge on any atom is 0.244 e. The molecule has 3 rings (SSSR count). The molecular formula is C15H21N3O2S2. The van der Waals surface area contributed by atoms with Crippen LogP contribution in [0.3, 0.4) is 0 Å². The van der Waals surface area contributed by atoms with Crippen molar-refractivity contribution in [2.45, 2.75) is 57.0 Å². The zero-order valence-electron chi connectivity index (χ0n) is 13.1. The molecule has 2 fully saturated rings. The van der Waals surface area contributed by atoms with Crippen LogP contribution in [-0.4, -0.2) is 38.4 Å². The summed E-state index contributed by atoms with van der Waals surface area (Å²) >= 11 is 3.34. The normalized spacial score (nSPS) is 28.8. The van der Waals surface area contributed by atoms with Gasteiger partial charge in [0.25, 0.3) is 0 Å². The van der Waals surface area contributed by atoms with Crippen LogP contribution in [-0.2, 0) is 16.0 Å². The highest BCUT2D eigenvalue weighted by molar-refractivity contribution is 8.01. The number of fused-ring (bicyclic) bond motifs is 1. The molecule has 2 aliphatic rings. The van der Waals surface area contributed by atoms with Crippen LogP contribution in [0.15, 0.2) is 5.38 Å². The van der Waals surface area contributed by atoms with Crippen LogP contribution in [0.4, 0.5) is 0 Å². The standard InChI is InChI=1S/C15H21N3O2S2/c1-4-12-17-10(7-21-12)9(2)16-14(20)11-8-22-15(3)6-5-13(19)18(11)15/h7,9,11H,4-6,8H2,1-3H3,(H,16,20). The molecule has 1 aromatic heterocycles. The van der Waals surface area contributed by atoms with E-state index in [1.165, 1.54) is 0 Å². The van der Waals surface area contributed by atoms with Crippen LogP contribution in [0.2, 0.25) is 0 Å². The van der Waals surface area contributed by atoms with Crippen LogP contribution in [0.1, 0.15) is 50.4 Å². The Labute approximate surface area is 138 Å². The van der Waals surface area contributed by atoms with Crippen molar-refractivity contribution in [2.75, 3.05) is 5.75 Å². The van der Waals surface area contributed by atoms with Gasteiger partial charge in [-0.15, -0.1) is 23.1 Å². The average molecular weight is 339 g/mol. The summed E-state index contributed by atoms with van der Waals surface area (Å²) in [7, 11) is 0. The number of thiazole rings is 1. The van der Waals surface area contributed by atoms with E-state index in [-0.39, 0.29) is 28.8 Å². The van der Waals surface area contributed by atoms with Gasteiger partial charge in [-0.05, 0) is 26.7 Å². The highest BCUT2D eigenvalue weighted by Gasteiger charge is 2.52. The first-order chi connectivity index (χ1) is 10.4. The Morgan fingerprint density at radius 3 is 3.09 bits per heavy atom. The zero-order chi connectivity index (χ0) is 15.9. The number of aryl methyl sites for hydroxylation is 1. The van der Waals surface area contributed by atoms with E-state index in [4.69, 9.17) is 0 Å². The van der Waals surface area contributed by atoms with Crippen molar-refractivity contribution in [3.63, 3.8) is 0 Å². The first-order valence-corrected chi connectivity index (χ1v) is 9.52. The van der Waals surface area contributed by atoms with Crippen LogP contribution in [0, 0.1) is 0 Å². The molecule has 0 aliphatic carbocycles. The van der Waals surface area contributed by atoms with Gasteiger partial charge in [0.1, 0.15) is 6.04 Å². The number of rotatable bonds is 4. The largest absolute Gasteiger partial charge is 0.346 e. The minimum absolute atomic E-state index is 0.0648. The zero-order valence-corrected chi connectivity index (χ0v) is 14.7. The molecule has 2 aliphatic heterocycles. The van der Waals surface area contributed by atoms with Crippen LogP contribution in [0.5, 0.6) is 0 Å². The summed E-state index contributed by atoms with van der Waals surface area (Å²) in [6.45, 7) is 6.08. The molecule has 120 valence electrons. The molecule has 2 amide bonds. The molecule has 7 heteroatoms. The predicted octanol–water partition coefficient (Wildman–Crippen LogP) is 2.34. The van der Waals surface area contributed by atoms with Crippen molar-refractivity contribution >= 4 is 34.9 Å². The summed E-state index contributed by atoms with van der Waals surface area (Å²) in [5.74, 6) is 0.713. The number of hydrogen-bond donors (Lipinski definition) is 1. The molecule has 0 aromatic carbocycles. The molecule has 1 aromatic rings. The number of thioether (sulfide) groups is 1. The lowest BCUT2D eigenvalue weighted by molar-refractivity contribution is -0.138. The Bertz CT molecular complexity index is 603. The van der Waals surface area contributed by atoms with E-state index < -0.39 is 0 Å². The maximum atomic E-state index is 12.6. The fourth-order valence-electron chi connectivity index (χ4n) is 3.08. The molecule has 3 heterocycles. The van der Waals surface area contributed by atoms with Crippen LogP contribution < -0.4 is 5.32 Å². The van der Waals surface area contributed by atoms with Gasteiger partial charge in [0.05, 0.1) is 21.6 Å². The summed E-state index contributed by atoms with van der Waals surface area (Å²) < 4.78 is 0. The molecule has 3 atom stereocenters. The Morgan fingerprint density at radius 2 is 2.41 bits per heavy atom. The van der Waals surface area contributed by atoms with Crippen molar-refractivity contribution in [1.29, 1.82) is 0 Å². The molecule has 0 bridgehead atoms. The first-order valence-electron chi connectivity index (χ1n) is 7.65. The minimum atomic E-state index is -0.350. The number of hydrogen-bond acceptors (Lipinski definition) is 5. The van der Waals surface area contributed by atoms with Crippen molar-refractivity contribution in [3.8, 4) is 0 Å². The van der Waals surface area contributed by atoms with Gasteiger partial charge in [0.2, 0.25) is 11.8 Å². The van der Waals surface area contributed by atoms with Crippen LogP contribution >= 0.6 is 23.1 Å². The molecular weight excluding hydrogens is 318 g/mol. The summed E-state index contributed by atoms with van der Waals surface area (Å²) in [5, 5.41) is 6.10. The fourth-order valence-corrected chi connectivity index (χ4v) is 5.35. The highest BCUT2D eigenvalue weighted by Crippen LogP contribution is 2.47. The second kappa shape index (κ2) is 5.85. The molecule has 22 heavy (non-hydrogen) atoms. The third kappa shape index (κ3) is 2.65. The number of amides is 2. The van der Waals surface area contributed by atoms with Crippen LogP contribution in [0.25, 0.3) is 0 Å². The number of nitrogens with zero attached hydrogens (tertiary/aromatic N) is 2. The summed E-state index contributed by atoms with van der Waals surface area (Å²) in [4.78, 5) is 30.8. The Kier molecular flexibility index (Phi) is 4.20. The van der Waals surface area contributed by atoms with E-state index in [1.54, 1.807) is 28.0 Å². The highest BCUT2D eigenvalue weighted by atomic mass is 32.2. The van der Waals surface area contributed by atoms with Crippen molar-refractivity contribution in [3.05, 3.63) is 16.1 Å². The monoisotopic (exact) mass is 339 g/mol. The molecule has 0 spiro atoms. The van der Waals surface area contributed by atoms with Gasteiger partial charge in [-0.2, -0.15) is 0 Å². The predicted molar refractivity (Wildman–Crippen MR) is 88.8 cm³/mol. The third-order valence-electron chi connectivity index (χ3n) is 4.42. The van der Waals surface area contributed by atoms with E-state index in [2.05, 4.69) is 24.1 Å². The van der Waals surface area contributed by atoms with Gasteiger partial charge >= 0.3 is 0 Å². The number of aromatic nitrogens is 1. The van der Waals surface area contributed by atoms with Gasteiger partial charge in [-0.1, -0.05) is 6.92 Å². The third-order valence-corrected chi connectivity index (χ3v) is 6.94. The quantitative estimate of drug-likeness (QED) is 0.914. The van der Waals surface area contributed by atoms with Crippen molar-refractivity contribution in [2.24, 2.45) is 0 Å². The fraction of sp³-hybridized carbons (Fsp3) is 0.667. The first kappa shape index (κ1) is 15.8. The van der Waals surface area contributed by atoms with Gasteiger partial charge in [0.15, 0.2) is 0 Å². The van der Waals surface area contributed by atoms with E-state index in [0.717, 1.165) is 23.5 Å². The van der Waals surface area contributed by atoms with Gasteiger partial charge < -0.3 is 10.2 Å². The van der Waals surface area contributed by atoms with Crippen molar-refractivity contribution in [1.82, 2.24) is 15.2 Å². The molecule has 0 saturated carbocycles. The maximum absolute atomic E-state index is 12.6. The lowest BCUT2D eigenvalue weighted by Crippen LogP contribution is -2.50. The van der Waals surface area contributed by atoms with Crippen molar-refractivity contribution < 1.29 is 9.59 Å². The van der Waals surface area contributed by atoms with Gasteiger partial charge in [-0.3, -0.25) is 9.59 Å². The molecule has 3 unspecified atom stereocenters. The van der Waals surface area contributed by atoms with Gasteiger partial charge in [-0.25, -0.2) is 4.98 Å². The molecule has 2 saturated heterocycles. The SMILES string of the molecule is CCc1nc(C(C)NC(=O)C2CSC3(C)CCC(=O)N23)cs1. The Morgan fingerprint density at radius 1 is 1.64 bits per heavy atom. The summed E-state index contributed by atoms with van der Waals surface area (Å²) in [5.41, 5.74) is 0.899. The summed E-state index contributed by atoms with van der Waals surface area (Å²) in [6.07, 6.45) is 2.29. The van der Waals surface area contributed by atoms with E-state index in [0.29, 0.717) is 12.2 Å². The average Bonchev–Trinajstić information content (AvgIpc) is 3.15. The number of nitrogens with one attached hydrogen (secondary N) is 1. The second-order valence-corrected chi connectivity index (χ2v) is 8.46. The number of carbonyl (C=O) groups is 2.